The van der Waals surface area contributed by atoms with Crippen LogP contribution in [0.3, 0.4) is 0 Å². The molecule has 1 nitrogen and oxygen atoms in total. The van der Waals surface area contributed by atoms with E-state index < -0.39 is 0 Å². The van der Waals surface area contributed by atoms with Crippen molar-refractivity contribution in [1.29, 1.82) is 0 Å². The van der Waals surface area contributed by atoms with E-state index in [9.17, 15) is 5.11 Å². The second kappa shape index (κ2) is 3.46. The van der Waals surface area contributed by atoms with E-state index in [0.29, 0.717) is 9.95 Å². The van der Waals surface area contributed by atoms with E-state index in [1.807, 2.05) is 26.0 Å². The Morgan fingerprint density at radius 3 is 2.08 bits per heavy atom. The SMILES string of the molecule is Cc1cc(C(=S)S)cc(C)c1O. The van der Waals surface area contributed by atoms with Crippen molar-refractivity contribution in [3.8, 4) is 5.75 Å². The molecule has 0 amide bonds. The summed E-state index contributed by atoms with van der Waals surface area (Å²) in [4.78, 5) is 0. The Morgan fingerprint density at radius 2 is 1.75 bits per heavy atom. The lowest BCUT2D eigenvalue weighted by Gasteiger charge is -2.05. The van der Waals surface area contributed by atoms with E-state index in [0.717, 1.165) is 16.7 Å². The van der Waals surface area contributed by atoms with Crippen molar-refractivity contribution in [1.82, 2.24) is 0 Å². The highest BCUT2D eigenvalue weighted by Gasteiger charge is 2.04. The van der Waals surface area contributed by atoms with Crippen molar-refractivity contribution in [2.75, 3.05) is 0 Å². The lowest BCUT2D eigenvalue weighted by molar-refractivity contribution is 0.467. The van der Waals surface area contributed by atoms with Gasteiger partial charge >= 0.3 is 0 Å². The highest BCUT2D eigenvalue weighted by Crippen LogP contribution is 2.23. The van der Waals surface area contributed by atoms with Gasteiger partial charge in [-0.2, -0.15) is 0 Å². The molecule has 0 unspecified atom stereocenters. The first-order valence-electron chi connectivity index (χ1n) is 3.56. The number of phenols is 1. The fraction of sp³-hybridized carbons (Fsp3) is 0.222. The van der Waals surface area contributed by atoms with Crippen LogP contribution in [0.2, 0.25) is 0 Å². The first-order chi connectivity index (χ1) is 5.52. The highest BCUT2D eigenvalue weighted by atomic mass is 32.1. The first kappa shape index (κ1) is 9.55. The molecule has 1 N–H and O–H groups in total. The molecule has 0 bridgehead atoms. The average molecular weight is 198 g/mol. The molecule has 12 heavy (non-hydrogen) atoms. The maximum Gasteiger partial charge on any atom is 0.121 e. The smallest absolute Gasteiger partial charge is 0.121 e. The van der Waals surface area contributed by atoms with Crippen molar-refractivity contribution in [3.63, 3.8) is 0 Å². The van der Waals surface area contributed by atoms with Gasteiger partial charge in [-0.05, 0) is 42.7 Å². The Morgan fingerprint density at radius 1 is 1.33 bits per heavy atom. The van der Waals surface area contributed by atoms with Gasteiger partial charge in [0.25, 0.3) is 0 Å². The van der Waals surface area contributed by atoms with Crippen LogP contribution in [-0.2, 0) is 0 Å². The van der Waals surface area contributed by atoms with E-state index in [-0.39, 0.29) is 0 Å². The molecule has 0 atom stereocenters. The standard InChI is InChI=1S/C9H10OS2/c1-5-3-7(9(11)12)4-6(2)8(5)10/h3-4,10H,1-2H3,(H,11,12). The number of aryl methyl sites for hydroxylation is 2. The van der Waals surface area contributed by atoms with Crippen LogP contribution < -0.4 is 0 Å². The minimum Gasteiger partial charge on any atom is -0.507 e. The van der Waals surface area contributed by atoms with Crippen molar-refractivity contribution in [2.45, 2.75) is 13.8 Å². The second-order valence-corrected chi connectivity index (χ2v) is 3.92. The van der Waals surface area contributed by atoms with Crippen LogP contribution in [0.5, 0.6) is 5.75 Å². The molecule has 0 aromatic heterocycles. The van der Waals surface area contributed by atoms with Gasteiger partial charge in [0.15, 0.2) is 0 Å². The van der Waals surface area contributed by atoms with Crippen molar-refractivity contribution in [2.24, 2.45) is 0 Å². The zero-order chi connectivity index (χ0) is 9.30. The summed E-state index contributed by atoms with van der Waals surface area (Å²) in [6.45, 7) is 3.69. The fourth-order valence-corrected chi connectivity index (χ4v) is 1.33. The largest absolute Gasteiger partial charge is 0.507 e. The minimum atomic E-state index is 0.336. The molecule has 0 saturated carbocycles. The normalized spacial score (nSPS) is 9.92. The molecule has 1 aromatic rings. The van der Waals surface area contributed by atoms with E-state index in [2.05, 4.69) is 12.6 Å². The van der Waals surface area contributed by atoms with Gasteiger partial charge in [-0.25, -0.2) is 0 Å². The van der Waals surface area contributed by atoms with Crippen LogP contribution in [0.25, 0.3) is 0 Å². The lowest BCUT2D eigenvalue weighted by atomic mass is 10.1. The van der Waals surface area contributed by atoms with E-state index in [1.54, 1.807) is 0 Å². The zero-order valence-electron chi connectivity index (χ0n) is 6.96. The number of benzene rings is 1. The molecule has 0 radical (unpaired) electrons. The summed E-state index contributed by atoms with van der Waals surface area (Å²) in [7, 11) is 0. The maximum absolute atomic E-state index is 9.44. The third kappa shape index (κ3) is 1.79. The minimum absolute atomic E-state index is 0.336. The Balaban J connectivity index is 3.31. The number of hydrogen-bond acceptors (Lipinski definition) is 2. The average Bonchev–Trinajstić information content (AvgIpc) is 1.99. The molecule has 3 heteroatoms. The van der Waals surface area contributed by atoms with Crippen molar-refractivity contribution >= 4 is 29.0 Å². The molecule has 0 fully saturated rings. The Labute approximate surface area is 82.8 Å². The molecule has 0 aliphatic rings. The monoisotopic (exact) mass is 198 g/mol. The Hall–Kier alpha value is -0.540. The van der Waals surface area contributed by atoms with Crippen LogP contribution in [0.1, 0.15) is 16.7 Å². The predicted octanol–water partition coefficient (Wildman–Crippen LogP) is 2.61. The van der Waals surface area contributed by atoms with Gasteiger partial charge in [0.2, 0.25) is 0 Å². The summed E-state index contributed by atoms with van der Waals surface area (Å²) in [5.74, 6) is 0.336. The van der Waals surface area contributed by atoms with Gasteiger partial charge < -0.3 is 5.11 Å². The first-order valence-corrected chi connectivity index (χ1v) is 4.41. The van der Waals surface area contributed by atoms with Gasteiger partial charge in [0.1, 0.15) is 5.75 Å². The molecule has 64 valence electrons. The number of phenolic OH excluding ortho intramolecular Hbond substituents is 1. The van der Waals surface area contributed by atoms with Crippen LogP contribution >= 0.6 is 24.8 Å². The van der Waals surface area contributed by atoms with E-state index in [1.165, 1.54) is 0 Å². The van der Waals surface area contributed by atoms with Gasteiger partial charge in [-0.15, -0.1) is 12.6 Å². The molecule has 0 aliphatic carbocycles. The summed E-state index contributed by atoms with van der Waals surface area (Å²) in [5.41, 5.74) is 2.56. The van der Waals surface area contributed by atoms with Crippen LogP contribution in [0, 0.1) is 13.8 Å². The third-order valence-corrected chi connectivity index (χ3v) is 2.23. The summed E-state index contributed by atoms with van der Waals surface area (Å²) < 4.78 is 0.557. The quantitative estimate of drug-likeness (QED) is 0.534. The fourth-order valence-electron chi connectivity index (χ4n) is 1.08. The van der Waals surface area contributed by atoms with Crippen LogP contribution in [-0.4, -0.2) is 9.30 Å². The number of hydrogen-bond donors (Lipinski definition) is 2. The molecular formula is C9H10OS2. The number of thiocarbonyl (C=S) groups is 1. The molecule has 1 aromatic carbocycles. The number of thiol groups is 1. The maximum atomic E-state index is 9.44. The van der Waals surface area contributed by atoms with E-state index >= 15 is 0 Å². The number of aromatic hydroxyl groups is 1. The Bertz CT molecular complexity index is 308. The number of rotatable bonds is 1. The van der Waals surface area contributed by atoms with Crippen LogP contribution in [0.15, 0.2) is 12.1 Å². The topological polar surface area (TPSA) is 20.2 Å². The summed E-state index contributed by atoms with van der Waals surface area (Å²) in [5, 5.41) is 9.44. The highest BCUT2D eigenvalue weighted by molar-refractivity contribution is 8.11. The lowest BCUT2D eigenvalue weighted by Crippen LogP contribution is -1.90. The molecule has 0 heterocycles. The van der Waals surface area contributed by atoms with Gasteiger partial charge in [0, 0.05) is 0 Å². The summed E-state index contributed by atoms with van der Waals surface area (Å²) in [6, 6.07) is 3.66. The summed E-state index contributed by atoms with van der Waals surface area (Å²) >= 11 is 8.97. The van der Waals surface area contributed by atoms with Gasteiger partial charge in [-0.3, -0.25) is 0 Å². The molecule has 0 aliphatic heterocycles. The summed E-state index contributed by atoms with van der Waals surface area (Å²) in [6.07, 6.45) is 0. The van der Waals surface area contributed by atoms with Crippen molar-refractivity contribution in [3.05, 3.63) is 28.8 Å². The van der Waals surface area contributed by atoms with E-state index in [4.69, 9.17) is 12.2 Å². The molecule has 1 rings (SSSR count). The van der Waals surface area contributed by atoms with Gasteiger partial charge in [0.05, 0.1) is 4.20 Å². The second-order valence-electron chi connectivity index (χ2n) is 2.76. The molecular weight excluding hydrogens is 188 g/mol. The zero-order valence-corrected chi connectivity index (χ0v) is 8.67. The molecule has 0 saturated heterocycles. The van der Waals surface area contributed by atoms with Crippen molar-refractivity contribution < 1.29 is 5.11 Å². The third-order valence-electron chi connectivity index (χ3n) is 1.74. The van der Waals surface area contributed by atoms with Crippen LogP contribution in [0.4, 0.5) is 0 Å². The van der Waals surface area contributed by atoms with Gasteiger partial charge in [-0.1, -0.05) is 12.2 Å². The Kier molecular flexibility index (Phi) is 2.75. The molecule has 0 spiro atoms. The predicted molar refractivity (Wildman–Crippen MR) is 58.3 cm³/mol.